The standard InChI is InChI=1S/C11H15BrClNO/c1-2-10(7-15)14-6-8-5-9(13)3-4-11(8)12/h3-5,10,14-15H,2,6-7H2,1H3/t10-/m1/s1. The molecule has 15 heavy (non-hydrogen) atoms. The lowest BCUT2D eigenvalue weighted by atomic mass is 10.2. The molecule has 2 nitrogen and oxygen atoms in total. The second kappa shape index (κ2) is 6.48. The van der Waals surface area contributed by atoms with Gasteiger partial charge in [0.15, 0.2) is 0 Å². The van der Waals surface area contributed by atoms with Gasteiger partial charge in [0.1, 0.15) is 0 Å². The molecule has 0 aliphatic rings. The van der Waals surface area contributed by atoms with Gasteiger partial charge in [0.25, 0.3) is 0 Å². The van der Waals surface area contributed by atoms with Crippen LogP contribution in [-0.2, 0) is 6.54 Å². The summed E-state index contributed by atoms with van der Waals surface area (Å²) in [5, 5.41) is 13.0. The fourth-order valence-electron chi connectivity index (χ4n) is 1.27. The third-order valence-electron chi connectivity index (χ3n) is 2.30. The molecule has 1 aromatic carbocycles. The maximum atomic E-state index is 9.03. The van der Waals surface area contributed by atoms with E-state index in [0.717, 1.165) is 21.5 Å². The van der Waals surface area contributed by atoms with Crippen molar-refractivity contribution in [2.75, 3.05) is 6.61 Å². The van der Waals surface area contributed by atoms with Crippen LogP contribution in [0.15, 0.2) is 22.7 Å². The number of hydrogen-bond donors (Lipinski definition) is 2. The van der Waals surface area contributed by atoms with Gasteiger partial charge in [0, 0.05) is 22.1 Å². The predicted octanol–water partition coefficient (Wildman–Crippen LogP) is 2.96. The van der Waals surface area contributed by atoms with E-state index in [1.165, 1.54) is 0 Å². The van der Waals surface area contributed by atoms with Gasteiger partial charge in [-0.3, -0.25) is 0 Å². The SMILES string of the molecule is CC[C@H](CO)NCc1cc(Cl)ccc1Br. The van der Waals surface area contributed by atoms with Gasteiger partial charge in [-0.15, -0.1) is 0 Å². The monoisotopic (exact) mass is 291 g/mol. The second-order valence-electron chi connectivity index (χ2n) is 3.40. The molecule has 0 bridgehead atoms. The summed E-state index contributed by atoms with van der Waals surface area (Å²) in [7, 11) is 0. The van der Waals surface area contributed by atoms with E-state index in [2.05, 4.69) is 21.2 Å². The molecule has 0 aliphatic carbocycles. The smallest absolute Gasteiger partial charge is 0.0584 e. The Labute approximate surface area is 104 Å². The van der Waals surface area contributed by atoms with E-state index < -0.39 is 0 Å². The summed E-state index contributed by atoms with van der Waals surface area (Å²) < 4.78 is 1.03. The van der Waals surface area contributed by atoms with Gasteiger partial charge in [-0.25, -0.2) is 0 Å². The van der Waals surface area contributed by atoms with E-state index >= 15 is 0 Å². The van der Waals surface area contributed by atoms with E-state index in [-0.39, 0.29) is 12.6 Å². The first-order valence-corrected chi connectivity index (χ1v) is 6.12. The van der Waals surface area contributed by atoms with Crippen molar-refractivity contribution in [2.45, 2.75) is 25.9 Å². The van der Waals surface area contributed by atoms with Crippen LogP contribution in [0.5, 0.6) is 0 Å². The summed E-state index contributed by atoms with van der Waals surface area (Å²) in [6.45, 7) is 2.91. The highest BCUT2D eigenvalue weighted by molar-refractivity contribution is 9.10. The lowest BCUT2D eigenvalue weighted by Gasteiger charge is -2.14. The number of nitrogens with one attached hydrogen (secondary N) is 1. The Hall–Kier alpha value is -0.0900. The maximum Gasteiger partial charge on any atom is 0.0584 e. The number of rotatable bonds is 5. The molecule has 0 radical (unpaired) electrons. The Morgan fingerprint density at radius 2 is 2.27 bits per heavy atom. The molecule has 2 N–H and O–H groups in total. The third-order valence-corrected chi connectivity index (χ3v) is 3.31. The molecule has 0 aliphatic heterocycles. The fourth-order valence-corrected chi connectivity index (χ4v) is 1.85. The van der Waals surface area contributed by atoms with E-state index in [1.807, 2.05) is 25.1 Å². The van der Waals surface area contributed by atoms with Crippen LogP contribution in [0.25, 0.3) is 0 Å². The van der Waals surface area contributed by atoms with E-state index in [4.69, 9.17) is 16.7 Å². The fraction of sp³-hybridized carbons (Fsp3) is 0.455. The molecule has 0 spiro atoms. The molecule has 1 rings (SSSR count). The number of aliphatic hydroxyl groups excluding tert-OH is 1. The van der Waals surface area contributed by atoms with Crippen LogP contribution < -0.4 is 5.32 Å². The summed E-state index contributed by atoms with van der Waals surface area (Å²) in [5.74, 6) is 0. The van der Waals surface area contributed by atoms with Crippen molar-refractivity contribution in [1.29, 1.82) is 0 Å². The Balaban J connectivity index is 2.60. The number of aliphatic hydroxyl groups is 1. The minimum atomic E-state index is 0.149. The van der Waals surface area contributed by atoms with Gasteiger partial charge in [-0.05, 0) is 30.2 Å². The molecular formula is C11H15BrClNO. The highest BCUT2D eigenvalue weighted by Crippen LogP contribution is 2.21. The summed E-state index contributed by atoms with van der Waals surface area (Å²) in [4.78, 5) is 0. The molecule has 0 heterocycles. The molecule has 0 aromatic heterocycles. The van der Waals surface area contributed by atoms with Crippen LogP contribution >= 0.6 is 27.5 Å². The van der Waals surface area contributed by atoms with Crippen molar-refractivity contribution in [3.8, 4) is 0 Å². The first kappa shape index (κ1) is 13.0. The average Bonchev–Trinajstić information content (AvgIpc) is 2.24. The van der Waals surface area contributed by atoms with Gasteiger partial charge in [-0.1, -0.05) is 34.5 Å². The molecule has 84 valence electrons. The third kappa shape index (κ3) is 4.11. The molecule has 0 amide bonds. The molecule has 0 saturated carbocycles. The van der Waals surface area contributed by atoms with Gasteiger partial charge in [0.05, 0.1) is 6.61 Å². The molecule has 0 saturated heterocycles. The zero-order valence-corrected chi connectivity index (χ0v) is 11.0. The topological polar surface area (TPSA) is 32.3 Å². The molecule has 0 fully saturated rings. The highest BCUT2D eigenvalue weighted by atomic mass is 79.9. The first-order valence-electron chi connectivity index (χ1n) is 4.95. The number of halogens is 2. The van der Waals surface area contributed by atoms with Crippen molar-refractivity contribution in [2.24, 2.45) is 0 Å². The maximum absolute atomic E-state index is 9.03. The molecule has 1 atom stereocenters. The van der Waals surface area contributed by atoms with Crippen LogP contribution in [-0.4, -0.2) is 17.8 Å². The lowest BCUT2D eigenvalue weighted by molar-refractivity contribution is 0.238. The largest absolute Gasteiger partial charge is 0.395 e. The normalized spacial score (nSPS) is 12.8. The van der Waals surface area contributed by atoms with Crippen LogP contribution in [0, 0.1) is 0 Å². The quantitative estimate of drug-likeness (QED) is 0.874. The zero-order chi connectivity index (χ0) is 11.3. The summed E-state index contributed by atoms with van der Waals surface area (Å²) in [5.41, 5.74) is 1.11. The lowest BCUT2D eigenvalue weighted by Crippen LogP contribution is -2.31. The van der Waals surface area contributed by atoms with Crippen molar-refractivity contribution in [3.63, 3.8) is 0 Å². The molecular weight excluding hydrogens is 277 g/mol. The van der Waals surface area contributed by atoms with Gasteiger partial charge in [0.2, 0.25) is 0 Å². The summed E-state index contributed by atoms with van der Waals surface area (Å²) in [6.07, 6.45) is 0.911. The van der Waals surface area contributed by atoms with Gasteiger partial charge < -0.3 is 10.4 Å². The Morgan fingerprint density at radius 1 is 1.53 bits per heavy atom. The average molecular weight is 293 g/mol. The minimum absolute atomic E-state index is 0.149. The number of hydrogen-bond acceptors (Lipinski definition) is 2. The Morgan fingerprint density at radius 3 is 2.87 bits per heavy atom. The van der Waals surface area contributed by atoms with Crippen molar-refractivity contribution in [1.82, 2.24) is 5.32 Å². The second-order valence-corrected chi connectivity index (χ2v) is 4.70. The van der Waals surface area contributed by atoms with Gasteiger partial charge in [-0.2, -0.15) is 0 Å². The van der Waals surface area contributed by atoms with E-state index in [9.17, 15) is 0 Å². The molecule has 1 aromatic rings. The Kier molecular flexibility index (Phi) is 5.61. The first-order chi connectivity index (χ1) is 7.17. The summed E-state index contributed by atoms with van der Waals surface area (Å²) >= 11 is 9.37. The highest BCUT2D eigenvalue weighted by Gasteiger charge is 2.05. The molecule has 4 heteroatoms. The van der Waals surface area contributed by atoms with E-state index in [1.54, 1.807) is 0 Å². The zero-order valence-electron chi connectivity index (χ0n) is 8.63. The van der Waals surface area contributed by atoms with E-state index in [0.29, 0.717) is 6.54 Å². The number of benzene rings is 1. The molecule has 0 unspecified atom stereocenters. The van der Waals surface area contributed by atoms with Crippen molar-refractivity contribution < 1.29 is 5.11 Å². The van der Waals surface area contributed by atoms with Gasteiger partial charge >= 0.3 is 0 Å². The van der Waals surface area contributed by atoms with Crippen molar-refractivity contribution >= 4 is 27.5 Å². The van der Waals surface area contributed by atoms with Crippen LogP contribution in [0.4, 0.5) is 0 Å². The Bertz CT molecular complexity index is 315. The van der Waals surface area contributed by atoms with Crippen molar-refractivity contribution in [3.05, 3.63) is 33.3 Å². The van der Waals surface area contributed by atoms with Crippen LogP contribution in [0.1, 0.15) is 18.9 Å². The van der Waals surface area contributed by atoms with Crippen LogP contribution in [0.2, 0.25) is 5.02 Å². The summed E-state index contributed by atoms with van der Waals surface area (Å²) in [6, 6.07) is 5.84. The predicted molar refractivity (Wildman–Crippen MR) is 67.2 cm³/mol. The van der Waals surface area contributed by atoms with Crippen LogP contribution in [0.3, 0.4) is 0 Å². The minimum Gasteiger partial charge on any atom is -0.395 e.